The molecular weight excluding hydrogens is 573 g/mol. The molecule has 3 heterocycles. The molecule has 5 rings (SSSR count). The van der Waals surface area contributed by atoms with E-state index in [0.29, 0.717) is 24.1 Å². The van der Waals surface area contributed by atoms with Crippen LogP contribution in [0.2, 0.25) is 0 Å². The van der Waals surface area contributed by atoms with Crippen LogP contribution in [-0.2, 0) is 9.59 Å². The molecule has 2 aromatic carbocycles. The third-order valence-corrected chi connectivity index (χ3v) is 5.49. The van der Waals surface area contributed by atoms with Crippen molar-refractivity contribution in [1.82, 2.24) is 25.1 Å². The van der Waals surface area contributed by atoms with Crippen LogP contribution in [0.4, 0.5) is 36.4 Å². The summed E-state index contributed by atoms with van der Waals surface area (Å²) in [6.45, 7) is 2.69. The molecule has 1 aliphatic heterocycles. The molecule has 0 bridgehead atoms. The van der Waals surface area contributed by atoms with E-state index in [4.69, 9.17) is 19.8 Å². The number of fused-ring (bicyclic) bond motifs is 2. The van der Waals surface area contributed by atoms with Crippen LogP contribution in [0.5, 0.6) is 0 Å². The highest BCUT2D eigenvalue weighted by Gasteiger charge is 2.38. The molecule has 220 valence electrons. The van der Waals surface area contributed by atoms with E-state index in [2.05, 4.69) is 37.2 Å². The molecule has 0 unspecified atom stereocenters. The van der Waals surface area contributed by atoms with Gasteiger partial charge in [-0.2, -0.15) is 31.4 Å². The Kier molecular flexibility index (Phi) is 9.04. The fourth-order valence-corrected chi connectivity index (χ4v) is 3.53. The second kappa shape index (κ2) is 12.1. The Morgan fingerprint density at radius 1 is 0.829 bits per heavy atom. The van der Waals surface area contributed by atoms with E-state index in [-0.39, 0.29) is 17.5 Å². The SMILES string of the molecule is O=C(O)C(F)(F)F.O=C(O)C(F)(F)F.O=C(c1nc2ccc(F)cc2[nH]1)N1CCN(c2ccc3[nH]ncc3c2)CC1. The Morgan fingerprint density at radius 3 is 1.98 bits per heavy atom. The van der Waals surface area contributed by atoms with Gasteiger partial charge in [0.05, 0.1) is 22.7 Å². The Labute approximate surface area is 224 Å². The first-order valence-corrected chi connectivity index (χ1v) is 11.3. The van der Waals surface area contributed by atoms with Gasteiger partial charge in [0.2, 0.25) is 0 Å². The number of rotatable bonds is 2. The standard InChI is InChI=1S/C19H17FN6O.2C2HF3O2/c20-13-1-3-16-17(10-13)23-18(22-16)19(27)26-7-5-25(6-8-26)14-2-4-15-12(9-14)11-21-24-15;2*3-2(4,5)1(6)7/h1-4,9-11H,5-8H2,(H,21,24)(H,22,23);2*(H,6,7). The topological polar surface area (TPSA) is 156 Å². The van der Waals surface area contributed by atoms with Gasteiger partial charge < -0.3 is 25.0 Å². The number of nitrogens with one attached hydrogen (secondary N) is 2. The fraction of sp³-hybridized carbons (Fsp3) is 0.261. The highest BCUT2D eigenvalue weighted by atomic mass is 19.4. The summed E-state index contributed by atoms with van der Waals surface area (Å²) in [6.07, 6.45) is -8.36. The number of amides is 1. The van der Waals surface area contributed by atoms with E-state index in [9.17, 15) is 35.5 Å². The maximum absolute atomic E-state index is 13.3. The van der Waals surface area contributed by atoms with E-state index in [1.165, 1.54) is 12.1 Å². The number of aliphatic carboxylic acids is 2. The van der Waals surface area contributed by atoms with Crippen LogP contribution in [-0.4, -0.2) is 91.7 Å². The number of piperazine rings is 1. The van der Waals surface area contributed by atoms with Crippen LogP contribution in [0.3, 0.4) is 0 Å². The number of carbonyl (C=O) groups excluding carboxylic acids is 1. The largest absolute Gasteiger partial charge is 0.490 e. The predicted octanol–water partition coefficient (Wildman–Crippen LogP) is 3.81. The molecule has 2 aromatic heterocycles. The molecule has 4 N–H and O–H groups in total. The van der Waals surface area contributed by atoms with Gasteiger partial charge >= 0.3 is 24.3 Å². The zero-order valence-corrected chi connectivity index (χ0v) is 20.4. The van der Waals surface area contributed by atoms with E-state index >= 15 is 0 Å². The zero-order chi connectivity index (χ0) is 30.5. The lowest BCUT2D eigenvalue weighted by atomic mass is 10.2. The van der Waals surface area contributed by atoms with Crippen molar-refractivity contribution in [2.45, 2.75) is 12.4 Å². The van der Waals surface area contributed by atoms with Crippen LogP contribution in [0, 0.1) is 5.82 Å². The van der Waals surface area contributed by atoms with E-state index in [1.807, 2.05) is 12.3 Å². The van der Waals surface area contributed by atoms with Crippen molar-refractivity contribution in [2.24, 2.45) is 0 Å². The molecule has 0 aliphatic carbocycles. The first kappa shape index (κ1) is 30.6. The third-order valence-electron chi connectivity index (χ3n) is 5.49. The summed E-state index contributed by atoms with van der Waals surface area (Å²) in [5, 5.41) is 22.3. The molecular formula is C23H19F7N6O5. The molecule has 0 spiro atoms. The molecule has 1 aliphatic rings. The Balaban J connectivity index is 0.000000276. The summed E-state index contributed by atoms with van der Waals surface area (Å²) in [7, 11) is 0. The number of anilines is 1. The van der Waals surface area contributed by atoms with Crippen molar-refractivity contribution >= 4 is 45.5 Å². The highest BCUT2D eigenvalue weighted by Crippen LogP contribution is 2.22. The first-order chi connectivity index (χ1) is 19.1. The molecule has 1 saturated heterocycles. The Hall–Kier alpha value is -4.90. The second-order valence-electron chi connectivity index (χ2n) is 8.27. The number of hydrogen-bond acceptors (Lipinski definition) is 6. The molecule has 0 radical (unpaired) electrons. The van der Waals surface area contributed by atoms with Crippen LogP contribution in [0.25, 0.3) is 21.9 Å². The van der Waals surface area contributed by atoms with E-state index < -0.39 is 24.3 Å². The molecule has 4 aromatic rings. The number of H-pyrrole nitrogens is 2. The number of halogens is 7. The van der Waals surface area contributed by atoms with Gasteiger partial charge in [-0.25, -0.2) is 19.0 Å². The predicted molar refractivity (Wildman–Crippen MR) is 128 cm³/mol. The van der Waals surface area contributed by atoms with Gasteiger partial charge in [-0.05, 0) is 36.4 Å². The second-order valence-corrected chi connectivity index (χ2v) is 8.27. The number of alkyl halides is 6. The molecule has 18 heteroatoms. The minimum atomic E-state index is -5.08. The summed E-state index contributed by atoms with van der Waals surface area (Å²) in [6, 6.07) is 10.4. The van der Waals surface area contributed by atoms with Gasteiger partial charge in [0.15, 0.2) is 5.82 Å². The fourth-order valence-electron chi connectivity index (χ4n) is 3.53. The van der Waals surface area contributed by atoms with E-state index in [0.717, 1.165) is 29.7 Å². The quantitative estimate of drug-likeness (QED) is 0.256. The number of carboxylic acid groups (broad SMARTS) is 2. The maximum Gasteiger partial charge on any atom is 0.490 e. The van der Waals surface area contributed by atoms with Crippen LogP contribution in [0.15, 0.2) is 42.6 Å². The van der Waals surface area contributed by atoms with Crippen LogP contribution >= 0.6 is 0 Å². The van der Waals surface area contributed by atoms with Gasteiger partial charge in [0, 0.05) is 37.3 Å². The average molecular weight is 592 g/mol. The lowest BCUT2D eigenvalue weighted by Crippen LogP contribution is -2.49. The smallest absolute Gasteiger partial charge is 0.475 e. The zero-order valence-electron chi connectivity index (χ0n) is 20.4. The number of aromatic nitrogens is 4. The van der Waals surface area contributed by atoms with Gasteiger partial charge in [0.1, 0.15) is 5.82 Å². The number of benzene rings is 2. The van der Waals surface area contributed by atoms with Crippen LogP contribution in [0.1, 0.15) is 10.6 Å². The summed E-state index contributed by atoms with van der Waals surface area (Å²) >= 11 is 0. The number of hydrogen-bond donors (Lipinski definition) is 4. The third kappa shape index (κ3) is 8.05. The molecule has 11 nitrogen and oxygen atoms in total. The first-order valence-electron chi connectivity index (χ1n) is 11.3. The van der Waals surface area contributed by atoms with Crippen molar-refractivity contribution in [2.75, 3.05) is 31.1 Å². The normalized spacial score (nSPS) is 13.7. The van der Waals surface area contributed by atoms with Crippen molar-refractivity contribution in [3.8, 4) is 0 Å². The minimum Gasteiger partial charge on any atom is -0.475 e. The van der Waals surface area contributed by atoms with E-state index in [1.54, 1.807) is 11.0 Å². The van der Waals surface area contributed by atoms with Gasteiger partial charge in [-0.1, -0.05) is 0 Å². The van der Waals surface area contributed by atoms with Crippen molar-refractivity contribution in [3.63, 3.8) is 0 Å². The Bertz CT molecular complexity index is 1520. The number of carbonyl (C=O) groups is 3. The lowest BCUT2D eigenvalue weighted by Gasteiger charge is -2.35. The Morgan fingerprint density at radius 2 is 1.41 bits per heavy atom. The average Bonchev–Trinajstić information content (AvgIpc) is 3.54. The van der Waals surface area contributed by atoms with Gasteiger partial charge in [0.25, 0.3) is 5.91 Å². The summed E-state index contributed by atoms with van der Waals surface area (Å²) in [5.41, 5.74) is 3.25. The number of carboxylic acids is 2. The van der Waals surface area contributed by atoms with Crippen molar-refractivity contribution < 1.29 is 55.3 Å². The van der Waals surface area contributed by atoms with Gasteiger partial charge in [-0.15, -0.1) is 0 Å². The number of nitrogens with zero attached hydrogens (tertiary/aromatic N) is 4. The van der Waals surface area contributed by atoms with Crippen LogP contribution < -0.4 is 4.90 Å². The molecule has 1 amide bonds. The number of imidazole rings is 1. The molecule has 0 saturated carbocycles. The van der Waals surface area contributed by atoms with Crippen molar-refractivity contribution in [1.29, 1.82) is 0 Å². The summed E-state index contributed by atoms with van der Waals surface area (Å²) in [5.74, 6) is -5.77. The molecule has 1 fully saturated rings. The monoisotopic (exact) mass is 592 g/mol. The summed E-state index contributed by atoms with van der Waals surface area (Å²) < 4.78 is 76.8. The van der Waals surface area contributed by atoms with Crippen molar-refractivity contribution in [3.05, 3.63) is 54.2 Å². The highest BCUT2D eigenvalue weighted by molar-refractivity contribution is 5.94. The molecule has 41 heavy (non-hydrogen) atoms. The lowest BCUT2D eigenvalue weighted by molar-refractivity contribution is -0.193. The molecule has 0 atom stereocenters. The number of aromatic amines is 2. The minimum absolute atomic E-state index is 0.156. The maximum atomic E-state index is 13.3. The summed E-state index contributed by atoms with van der Waals surface area (Å²) in [4.78, 5) is 41.8. The van der Waals surface area contributed by atoms with Gasteiger partial charge in [-0.3, -0.25) is 9.89 Å².